The summed E-state index contributed by atoms with van der Waals surface area (Å²) in [7, 11) is 2.16. The Labute approximate surface area is 101 Å². The molecule has 0 saturated carbocycles. The predicted octanol–water partition coefficient (Wildman–Crippen LogP) is 0.715. The molecule has 3 rings (SSSR count). The summed E-state index contributed by atoms with van der Waals surface area (Å²) < 4.78 is 0. The second kappa shape index (κ2) is 4.11. The van der Waals surface area contributed by atoms with E-state index in [4.69, 9.17) is 0 Å². The molecule has 2 atom stereocenters. The van der Waals surface area contributed by atoms with Crippen LogP contribution in [0, 0.1) is 11.8 Å². The fraction of sp³-hybridized carbons (Fsp3) is 0.538. The van der Waals surface area contributed by atoms with Gasteiger partial charge in [-0.15, -0.1) is 0 Å². The van der Waals surface area contributed by atoms with Crippen LogP contribution in [0.15, 0.2) is 24.5 Å². The zero-order valence-electron chi connectivity index (χ0n) is 10.0. The normalized spacial score (nSPS) is 28.4. The van der Waals surface area contributed by atoms with Gasteiger partial charge in [0.05, 0.1) is 0 Å². The molecular formula is C13H17N3O. The highest BCUT2D eigenvalue weighted by molar-refractivity contribution is 5.94. The highest BCUT2D eigenvalue weighted by atomic mass is 16.2. The van der Waals surface area contributed by atoms with Crippen molar-refractivity contribution < 1.29 is 4.79 Å². The van der Waals surface area contributed by atoms with Crippen LogP contribution in [0.3, 0.4) is 0 Å². The minimum absolute atomic E-state index is 0.157. The third-order valence-electron chi connectivity index (χ3n) is 3.88. The summed E-state index contributed by atoms with van der Waals surface area (Å²) >= 11 is 0. The van der Waals surface area contributed by atoms with Crippen molar-refractivity contribution in [1.82, 2.24) is 14.8 Å². The fourth-order valence-corrected chi connectivity index (χ4v) is 3.07. The molecule has 2 aliphatic heterocycles. The molecule has 17 heavy (non-hydrogen) atoms. The van der Waals surface area contributed by atoms with Crippen LogP contribution in [0.5, 0.6) is 0 Å². The number of nitrogens with zero attached hydrogens (tertiary/aromatic N) is 3. The summed E-state index contributed by atoms with van der Waals surface area (Å²) in [5, 5.41) is 0. The number of carbonyl (C=O) groups is 1. The lowest BCUT2D eigenvalue weighted by Crippen LogP contribution is -2.32. The zero-order valence-corrected chi connectivity index (χ0v) is 10.0. The SMILES string of the molecule is CN1C[C@H]2CN(C(=O)c3ccncc3)C[C@@H]2C1. The van der Waals surface area contributed by atoms with E-state index in [1.165, 1.54) is 0 Å². The Kier molecular flexibility index (Phi) is 2.59. The van der Waals surface area contributed by atoms with Gasteiger partial charge in [-0.1, -0.05) is 0 Å². The van der Waals surface area contributed by atoms with E-state index >= 15 is 0 Å². The van der Waals surface area contributed by atoms with Gasteiger partial charge >= 0.3 is 0 Å². The molecular weight excluding hydrogens is 214 g/mol. The van der Waals surface area contributed by atoms with Crippen molar-refractivity contribution in [3.05, 3.63) is 30.1 Å². The number of pyridine rings is 1. The lowest BCUT2D eigenvalue weighted by Gasteiger charge is -2.19. The number of hydrogen-bond donors (Lipinski definition) is 0. The first-order valence-corrected chi connectivity index (χ1v) is 6.12. The standard InChI is InChI=1S/C13H17N3O/c1-15-6-11-8-16(9-12(11)7-15)13(17)10-2-4-14-5-3-10/h2-5,11-12H,6-9H2,1H3/t11-,12-/m0/s1. The first kappa shape index (κ1) is 10.7. The molecule has 2 saturated heterocycles. The fourth-order valence-electron chi connectivity index (χ4n) is 3.07. The first-order valence-electron chi connectivity index (χ1n) is 6.12. The number of hydrogen-bond acceptors (Lipinski definition) is 3. The molecule has 2 fully saturated rings. The monoisotopic (exact) mass is 231 g/mol. The smallest absolute Gasteiger partial charge is 0.253 e. The van der Waals surface area contributed by atoms with Crippen molar-refractivity contribution in [2.45, 2.75) is 0 Å². The van der Waals surface area contributed by atoms with E-state index in [0.717, 1.165) is 31.7 Å². The highest BCUT2D eigenvalue weighted by Gasteiger charge is 2.40. The average molecular weight is 231 g/mol. The van der Waals surface area contributed by atoms with Gasteiger partial charge in [-0.25, -0.2) is 0 Å². The molecule has 0 bridgehead atoms. The first-order chi connectivity index (χ1) is 8.24. The number of amides is 1. The van der Waals surface area contributed by atoms with Crippen molar-refractivity contribution in [3.63, 3.8) is 0 Å². The Morgan fingerprint density at radius 1 is 1.18 bits per heavy atom. The van der Waals surface area contributed by atoms with Gasteiger partial charge in [0, 0.05) is 44.1 Å². The molecule has 2 aliphatic rings. The molecule has 1 amide bonds. The maximum Gasteiger partial charge on any atom is 0.253 e. The summed E-state index contributed by atoms with van der Waals surface area (Å²) in [4.78, 5) is 20.6. The van der Waals surface area contributed by atoms with E-state index in [1.54, 1.807) is 24.5 Å². The van der Waals surface area contributed by atoms with Crippen molar-refractivity contribution in [3.8, 4) is 0 Å². The Balaban J connectivity index is 1.70. The van der Waals surface area contributed by atoms with Crippen LogP contribution in [0.1, 0.15) is 10.4 Å². The van der Waals surface area contributed by atoms with Crippen molar-refractivity contribution in [1.29, 1.82) is 0 Å². The number of aromatic nitrogens is 1. The number of fused-ring (bicyclic) bond motifs is 1. The summed E-state index contributed by atoms with van der Waals surface area (Å²) in [5.74, 6) is 1.50. The summed E-state index contributed by atoms with van der Waals surface area (Å²) in [5.41, 5.74) is 0.758. The summed E-state index contributed by atoms with van der Waals surface area (Å²) in [6.45, 7) is 4.09. The second-order valence-corrected chi connectivity index (χ2v) is 5.19. The second-order valence-electron chi connectivity index (χ2n) is 5.19. The van der Waals surface area contributed by atoms with Crippen molar-refractivity contribution in [2.75, 3.05) is 33.2 Å². The molecule has 0 N–H and O–H groups in total. The van der Waals surface area contributed by atoms with Crippen LogP contribution >= 0.6 is 0 Å². The quantitative estimate of drug-likeness (QED) is 0.714. The van der Waals surface area contributed by atoms with Gasteiger partial charge in [-0.2, -0.15) is 0 Å². The van der Waals surface area contributed by atoms with Crippen molar-refractivity contribution in [2.24, 2.45) is 11.8 Å². The van der Waals surface area contributed by atoms with Crippen LogP contribution in [-0.2, 0) is 0 Å². The molecule has 90 valence electrons. The zero-order chi connectivity index (χ0) is 11.8. The van der Waals surface area contributed by atoms with Crippen molar-refractivity contribution >= 4 is 5.91 Å². The Morgan fingerprint density at radius 2 is 1.76 bits per heavy atom. The number of likely N-dealkylation sites (tertiary alicyclic amines) is 2. The van der Waals surface area contributed by atoms with E-state index in [0.29, 0.717) is 11.8 Å². The molecule has 0 radical (unpaired) electrons. The predicted molar refractivity (Wildman–Crippen MR) is 64.6 cm³/mol. The van der Waals surface area contributed by atoms with Gasteiger partial charge in [0.15, 0.2) is 0 Å². The summed E-state index contributed by atoms with van der Waals surface area (Å²) in [6.07, 6.45) is 3.36. The van der Waals surface area contributed by atoms with Crippen LogP contribution in [-0.4, -0.2) is 53.9 Å². The molecule has 0 spiro atoms. The number of carbonyl (C=O) groups excluding carboxylic acids is 1. The molecule has 4 heteroatoms. The minimum atomic E-state index is 0.157. The van der Waals surface area contributed by atoms with Gasteiger partial charge in [0.2, 0.25) is 0 Å². The topological polar surface area (TPSA) is 36.4 Å². The van der Waals surface area contributed by atoms with Gasteiger partial charge < -0.3 is 9.80 Å². The highest BCUT2D eigenvalue weighted by Crippen LogP contribution is 2.30. The molecule has 4 nitrogen and oxygen atoms in total. The maximum absolute atomic E-state index is 12.2. The molecule has 0 unspecified atom stereocenters. The van der Waals surface area contributed by atoms with E-state index in [9.17, 15) is 4.79 Å². The third-order valence-corrected chi connectivity index (χ3v) is 3.88. The average Bonchev–Trinajstić information content (AvgIpc) is 2.86. The Morgan fingerprint density at radius 3 is 2.35 bits per heavy atom. The Hall–Kier alpha value is -1.42. The van der Waals surface area contributed by atoms with Gasteiger partial charge in [-0.05, 0) is 31.0 Å². The molecule has 0 aromatic carbocycles. The van der Waals surface area contributed by atoms with E-state index in [-0.39, 0.29) is 5.91 Å². The number of rotatable bonds is 1. The minimum Gasteiger partial charge on any atom is -0.338 e. The maximum atomic E-state index is 12.2. The van der Waals surface area contributed by atoms with Gasteiger partial charge in [-0.3, -0.25) is 9.78 Å². The lowest BCUT2D eigenvalue weighted by molar-refractivity contribution is 0.0776. The van der Waals surface area contributed by atoms with E-state index in [2.05, 4.69) is 16.9 Å². The molecule has 3 heterocycles. The van der Waals surface area contributed by atoms with Gasteiger partial charge in [0.25, 0.3) is 5.91 Å². The van der Waals surface area contributed by atoms with Crippen LogP contribution < -0.4 is 0 Å². The Bertz CT molecular complexity index is 406. The van der Waals surface area contributed by atoms with E-state index in [1.807, 2.05) is 4.90 Å². The molecule has 1 aromatic heterocycles. The molecule has 0 aliphatic carbocycles. The summed E-state index contributed by atoms with van der Waals surface area (Å²) in [6, 6.07) is 3.59. The van der Waals surface area contributed by atoms with E-state index < -0.39 is 0 Å². The third kappa shape index (κ3) is 1.93. The largest absolute Gasteiger partial charge is 0.338 e. The molecule has 1 aromatic rings. The van der Waals surface area contributed by atoms with Gasteiger partial charge in [0.1, 0.15) is 0 Å². The lowest BCUT2D eigenvalue weighted by atomic mass is 10.0. The van der Waals surface area contributed by atoms with Crippen LogP contribution in [0.25, 0.3) is 0 Å². The van der Waals surface area contributed by atoms with Crippen LogP contribution in [0.2, 0.25) is 0 Å². The van der Waals surface area contributed by atoms with Crippen LogP contribution in [0.4, 0.5) is 0 Å².